The maximum absolute atomic E-state index is 13.4. The van der Waals surface area contributed by atoms with Crippen LogP contribution < -0.4 is 0 Å². The standard InChI is InChI=1S/C25H28FN3O3S/c26-21-9-7-20(8-10-21)17-29(18-22-5-4-16-33-22)24(30)19-28(14-13-27-11-1-2-12-27)25(31)23-6-3-15-32-23/h3-10,15-16H,1-2,11-14,17-19H2. The van der Waals surface area contributed by atoms with Gasteiger partial charge in [-0.2, -0.15) is 0 Å². The highest BCUT2D eigenvalue weighted by Crippen LogP contribution is 2.17. The SMILES string of the molecule is O=C(CN(CCN1CCCC1)C(=O)c1ccco1)N(Cc1ccc(F)cc1)Cc1cccs1. The Balaban J connectivity index is 1.49. The number of halogens is 1. The highest BCUT2D eigenvalue weighted by Gasteiger charge is 2.25. The monoisotopic (exact) mass is 469 g/mol. The molecule has 3 aromatic rings. The van der Waals surface area contributed by atoms with Crippen molar-refractivity contribution in [2.45, 2.75) is 25.9 Å². The number of carbonyl (C=O) groups is 2. The predicted molar refractivity (Wildman–Crippen MR) is 125 cm³/mol. The van der Waals surface area contributed by atoms with E-state index in [1.54, 1.807) is 45.4 Å². The van der Waals surface area contributed by atoms with Crippen LogP contribution in [0.5, 0.6) is 0 Å². The lowest BCUT2D eigenvalue weighted by Crippen LogP contribution is -2.45. The summed E-state index contributed by atoms with van der Waals surface area (Å²) >= 11 is 1.58. The molecule has 2 amide bonds. The molecule has 0 unspecified atom stereocenters. The molecule has 0 radical (unpaired) electrons. The molecule has 8 heteroatoms. The van der Waals surface area contributed by atoms with Crippen LogP contribution >= 0.6 is 11.3 Å². The second kappa shape index (κ2) is 11.2. The van der Waals surface area contributed by atoms with Gasteiger partial charge in [0, 0.05) is 24.5 Å². The summed E-state index contributed by atoms with van der Waals surface area (Å²) < 4.78 is 18.7. The molecule has 3 heterocycles. The quantitative estimate of drug-likeness (QED) is 0.446. The van der Waals surface area contributed by atoms with Gasteiger partial charge in [0.1, 0.15) is 12.4 Å². The van der Waals surface area contributed by atoms with Gasteiger partial charge in [0.05, 0.1) is 12.8 Å². The number of hydrogen-bond donors (Lipinski definition) is 0. The number of amides is 2. The zero-order valence-electron chi connectivity index (χ0n) is 18.5. The van der Waals surface area contributed by atoms with Gasteiger partial charge in [-0.25, -0.2) is 4.39 Å². The Labute approximate surface area is 197 Å². The summed E-state index contributed by atoms with van der Waals surface area (Å²) in [5.74, 6) is -0.529. The summed E-state index contributed by atoms with van der Waals surface area (Å²) in [6.45, 7) is 3.95. The minimum atomic E-state index is -0.313. The fourth-order valence-corrected chi connectivity index (χ4v) is 4.69. The summed E-state index contributed by atoms with van der Waals surface area (Å²) in [5, 5.41) is 1.97. The second-order valence-corrected chi connectivity index (χ2v) is 9.24. The highest BCUT2D eigenvalue weighted by molar-refractivity contribution is 7.09. The van der Waals surface area contributed by atoms with Crippen molar-refractivity contribution < 1.29 is 18.4 Å². The van der Waals surface area contributed by atoms with Crippen molar-refractivity contribution in [2.75, 3.05) is 32.7 Å². The average Bonchev–Trinajstić information content (AvgIpc) is 3.61. The molecular weight excluding hydrogens is 441 g/mol. The van der Waals surface area contributed by atoms with E-state index >= 15 is 0 Å². The summed E-state index contributed by atoms with van der Waals surface area (Å²) in [6.07, 6.45) is 3.79. The first-order valence-corrected chi connectivity index (χ1v) is 12.1. The lowest BCUT2D eigenvalue weighted by atomic mass is 10.2. The van der Waals surface area contributed by atoms with Crippen LogP contribution in [0.1, 0.15) is 33.8 Å². The first-order chi connectivity index (χ1) is 16.1. The van der Waals surface area contributed by atoms with Crippen molar-refractivity contribution in [1.82, 2.24) is 14.7 Å². The molecule has 1 aliphatic heterocycles. The third-order valence-corrected chi connectivity index (χ3v) is 6.66. The fraction of sp³-hybridized carbons (Fsp3) is 0.360. The van der Waals surface area contributed by atoms with Crippen LogP contribution in [0.4, 0.5) is 4.39 Å². The zero-order valence-corrected chi connectivity index (χ0v) is 19.3. The average molecular weight is 470 g/mol. The molecule has 6 nitrogen and oxygen atoms in total. The summed E-state index contributed by atoms with van der Waals surface area (Å²) in [7, 11) is 0. The van der Waals surface area contributed by atoms with Crippen molar-refractivity contribution in [2.24, 2.45) is 0 Å². The van der Waals surface area contributed by atoms with E-state index in [4.69, 9.17) is 4.42 Å². The topological polar surface area (TPSA) is 57.0 Å². The highest BCUT2D eigenvalue weighted by atomic mass is 32.1. The molecule has 2 aromatic heterocycles. The molecule has 1 aromatic carbocycles. The van der Waals surface area contributed by atoms with Crippen LogP contribution in [0.2, 0.25) is 0 Å². The number of thiophene rings is 1. The second-order valence-electron chi connectivity index (χ2n) is 8.21. The van der Waals surface area contributed by atoms with Crippen molar-refractivity contribution in [3.63, 3.8) is 0 Å². The molecule has 174 valence electrons. The van der Waals surface area contributed by atoms with E-state index in [1.165, 1.54) is 18.4 Å². The molecule has 0 aliphatic carbocycles. The van der Waals surface area contributed by atoms with Crippen molar-refractivity contribution in [3.8, 4) is 0 Å². The molecule has 0 spiro atoms. The molecule has 4 rings (SSSR count). The van der Waals surface area contributed by atoms with Gasteiger partial charge in [0.25, 0.3) is 5.91 Å². The van der Waals surface area contributed by atoms with Crippen molar-refractivity contribution in [1.29, 1.82) is 0 Å². The minimum absolute atomic E-state index is 0.0417. The number of likely N-dealkylation sites (tertiary alicyclic amines) is 1. The van der Waals surface area contributed by atoms with E-state index in [9.17, 15) is 14.0 Å². The lowest BCUT2D eigenvalue weighted by molar-refractivity contribution is -0.133. The Bertz CT molecular complexity index is 1020. The number of hydrogen-bond acceptors (Lipinski definition) is 5. The molecule has 33 heavy (non-hydrogen) atoms. The van der Waals surface area contributed by atoms with Crippen LogP contribution in [0, 0.1) is 5.82 Å². The van der Waals surface area contributed by atoms with Gasteiger partial charge in [-0.15, -0.1) is 11.3 Å². The van der Waals surface area contributed by atoms with Crippen LogP contribution in [-0.2, 0) is 17.9 Å². The van der Waals surface area contributed by atoms with E-state index in [1.807, 2.05) is 17.5 Å². The van der Waals surface area contributed by atoms with Gasteiger partial charge < -0.3 is 19.1 Å². The minimum Gasteiger partial charge on any atom is -0.459 e. The first-order valence-electron chi connectivity index (χ1n) is 11.2. The van der Waals surface area contributed by atoms with Gasteiger partial charge in [-0.1, -0.05) is 18.2 Å². The molecule has 0 atom stereocenters. The Kier molecular flexibility index (Phi) is 7.91. The van der Waals surface area contributed by atoms with Gasteiger partial charge >= 0.3 is 0 Å². The predicted octanol–water partition coefficient (Wildman–Crippen LogP) is 4.25. The largest absolute Gasteiger partial charge is 0.459 e. The summed E-state index contributed by atoms with van der Waals surface area (Å²) in [6, 6.07) is 13.4. The number of benzene rings is 1. The number of rotatable bonds is 10. The van der Waals surface area contributed by atoms with Crippen LogP contribution in [-0.4, -0.2) is 59.2 Å². The van der Waals surface area contributed by atoms with Crippen molar-refractivity contribution >= 4 is 23.2 Å². The molecule has 1 saturated heterocycles. The maximum Gasteiger partial charge on any atom is 0.290 e. The zero-order chi connectivity index (χ0) is 23.0. The van der Waals surface area contributed by atoms with Crippen LogP contribution in [0.25, 0.3) is 0 Å². The number of nitrogens with zero attached hydrogens (tertiary/aromatic N) is 3. The van der Waals surface area contributed by atoms with E-state index in [0.29, 0.717) is 19.6 Å². The lowest BCUT2D eigenvalue weighted by Gasteiger charge is -2.28. The normalized spacial score (nSPS) is 13.8. The third-order valence-electron chi connectivity index (χ3n) is 5.80. The van der Waals surface area contributed by atoms with E-state index < -0.39 is 0 Å². The molecule has 0 saturated carbocycles. The summed E-state index contributed by atoms with van der Waals surface area (Å²) in [4.78, 5) is 33.2. The molecule has 0 bridgehead atoms. The molecular formula is C25H28FN3O3S. The van der Waals surface area contributed by atoms with Gasteiger partial charge in [-0.05, 0) is 67.2 Å². The third kappa shape index (κ3) is 6.52. The molecule has 1 fully saturated rings. The molecule has 0 N–H and O–H groups in total. The van der Waals surface area contributed by atoms with Gasteiger partial charge in [0.15, 0.2) is 5.76 Å². The van der Waals surface area contributed by atoms with E-state index in [-0.39, 0.29) is 29.9 Å². The maximum atomic E-state index is 13.4. The smallest absolute Gasteiger partial charge is 0.290 e. The Hall–Kier alpha value is -2.97. The fourth-order valence-electron chi connectivity index (χ4n) is 3.97. The van der Waals surface area contributed by atoms with Gasteiger partial charge in [0.2, 0.25) is 5.91 Å². The first kappa shape index (κ1) is 23.2. The van der Waals surface area contributed by atoms with E-state index in [2.05, 4.69) is 4.90 Å². The Morgan fingerprint density at radius 2 is 1.79 bits per heavy atom. The number of furan rings is 1. The van der Waals surface area contributed by atoms with Crippen LogP contribution in [0.15, 0.2) is 64.6 Å². The summed E-state index contributed by atoms with van der Waals surface area (Å²) in [5.41, 5.74) is 0.835. The van der Waals surface area contributed by atoms with Gasteiger partial charge in [-0.3, -0.25) is 9.59 Å². The van der Waals surface area contributed by atoms with Crippen LogP contribution in [0.3, 0.4) is 0 Å². The van der Waals surface area contributed by atoms with Crippen molar-refractivity contribution in [3.05, 3.63) is 82.2 Å². The number of carbonyl (C=O) groups excluding carboxylic acids is 2. The molecule has 1 aliphatic rings. The van der Waals surface area contributed by atoms with E-state index in [0.717, 1.165) is 42.9 Å². The Morgan fingerprint density at radius 1 is 1.00 bits per heavy atom. The Morgan fingerprint density at radius 3 is 2.45 bits per heavy atom.